The van der Waals surface area contributed by atoms with Crippen LogP contribution in [0.15, 0.2) is 31.0 Å². The van der Waals surface area contributed by atoms with Gasteiger partial charge in [-0.25, -0.2) is 24.9 Å². The van der Waals surface area contributed by atoms with Crippen molar-refractivity contribution in [1.29, 1.82) is 0 Å². The molecule has 18 atom stereocenters. The predicted octanol–water partition coefficient (Wildman–Crippen LogP) is 8.74. The number of primary amides is 5. The lowest BCUT2D eigenvalue weighted by molar-refractivity contribution is 0.0737. The second-order valence-corrected chi connectivity index (χ2v) is 34.8. The number of carbonyl (C=O) groups excluding carboxylic acids is 5. The van der Waals surface area contributed by atoms with Crippen LogP contribution < -0.4 is 81.8 Å². The topological polar surface area (TPSA) is 566 Å². The highest BCUT2D eigenvalue weighted by Crippen LogP contribution is 2.34. The minimum atomic E-state index is -2.10. The molecule has 5 aromatic rings. The molecule has 115 heavy (non-hydrogen) atoms. The summed E-state index contributed by atoms with van der Waals surface area (Å²) < 4.78 is 98.3. The van der Waals surface area contributed by atoms with Gasteiger partial charge in [0.2, 0.25) is 29.7 Å². The zero-order chi connectivity index (χ0) is 96.7. The highest BCUT2D eigenvalue weighted by molar-refractivity contribution is 6.00. The summed E-state index contributed by atoms with van der Waals surface area (Å²) in [5.41, 5.74) is 25.8. The fraction of sp³-hybridized carbons (Fsp3) is 0.688. The van der Waals surface area contributed by atoms with Crippen molar-refractivity contribution in [2.24, 2.45) is 58.2 Å². The Kier molecular flexibility index (Phi) is 27.3. The van der Waals surface area contributed by atoms with Crippen molar-refractivity contribution in [3.8, 4) is 0 Å². The predicted molar refractivity (Wildman–Crippen MR) is 452 cm³/mol. The van der Waals surface area contributed by atoms with Crippen LogP contribution in [0.2, 0.25) is 0 Å². The molecule has 5 fully saturated rings. The van der Waals surface area contributed by atoms with Gasteiger partial charge in [-0.2, -0.15) is 24.9 Å². The minimum Gasteiger partial charge on any atom is -0.393 e. The van der Waals surface area contributed by atoms with Gasteiger partial charge in [0, 0.05) is 103 Å². The summed E-state index contributed by atoms with van der Waals surface area (Å²) in [6.07, 6.45) is -4.64. The van der Waals surface area contributed by atoms with Crippen LogP contribution in [0.1, 0.15) is 303 Å². The Morgan fingerprint density at radius 1 is 0.365 bits per heavy atom. The number of anilines is 10. The molecule has 18 unspecified atom stereocenters. The van der Waals surface area contributed by atoms with Gasteiger partial charge in [-0.1, -0.05) is 34.6 Å². The van der Waals surface area contributed by atoms with Crippen LogP contribution in [-0.4, -0.2) is 193 Å². The molecule has 0 spiro atoms. The van der Waals surface area contributed by atoms with E-state index in [0.717, 1.165) is 0 Å². The van der Waals surface area contributed by atoms with E-state index in [4.69, 9.17) is 45.1 Å². The number of nitrogens with two attached hydrogens (primary N) is 5. The number of aliphatic hydroxyl groups excluding tert-OH is 4. The number of hydrogen-bond acceptors (Lipinski definition) is 30. The normalized spacial score (nSPS) is 31.7. The van der Waals surface area contributed by atoms with Gasteiger partial charge in [0.1, 0.15) is 29.1 Å². The molecule has 0 aliphatic heterocycles. The van der Waals surface area contributed by atoms with Crippen molar-refractivity contribution in [3.05, 3.63) is 58.8 Å². The molecule has 5 heterocycles. The van der Waals surface area contributed by atoms with Gasteiger partial charge in [-0.3, -0.25) is 24.0 Å². The van der Waals surface area contributed by atoms with E-state index in [-0.39, 0.29) is 153 Å². The number of amides is 5. The van der Waals surface area contributed by atoms with E-state index < -0.39 is 140 Å². The summed E-state index contributed by atoms with van der Waals surface area (Å²) in [7, 11) is 0. The summed E-state index contributed by atoms with van der Waals surface area (Å²) in [4.78, 5) is 100. The molecule has 10 rings (SSSR count). The third-order valence-electron chi connectivity index (χ3n) is 17.9. The Morgan fingerprint density at radius 2 is 0.696 bits per heavy atom. The third kappa shape index (κ3) is 31.9. The smallest absolute Gasteiger partial charge is 0.254 e. The highest BCUT2D eigenvalue weighted by Gasteiger charge is 2.34. The van der Waals surface area contributed by atoms with Gasteiger partial charge in [0.15, 0.2) is 0 Å². The van der Waals surface area contributed by atoms with Crippen molar-refractivity contribution in [3.63, 3.8) is 0 Å². The van der Waals surface area contributed by atoms with Crippen LogP contribution in [-0.2, 0) is 0 Å². The van der Waals surface area contributed by atoms with Crippen molar-refractivity contribution in [2.45, 2.75) is 323 Å². The van der Waals surface area contributed by atoms with E-state index in [9.17, 15) is 49.5 Å². The van der Waals surface area contributed by atoms with Crippen LogP contribution in [0.4, 0.5) is 58.8 Å². The summed E-state index contributed by atoms with van der Waals surface area (Å²) in [5, 5.41) is 81.1. The van der Waals surface area contributed by atoms with E-state index in [2.05, 4.69) is 103 Å². The first-order valence-corrected chi connectivity index (χ1v) is 38.6. The molecule has 5 aliphatic carbocycles. The first kappa shape index (κ1) is 76.8. The second kappa shape index (κ2) is 40.9. The van der Waals surface area contributed by atoms with Crippen LogP contribution in [0.3, 0.4) is 0 Å². The average Bonchev–Trinajstić information content (AvgIpc) is 0.762. The third-order valence-corrected chi connectivity index (χ3v) is 17.9. The first-order valence-electron chi connectivity index (χ1n) is 44.8. The monoisotopic (exact) mass is 1620 g/mol. The van der Waals surface area contributed by atoms with Crippen molar-refractivity contribution in [1.82, 2.24) is 49.8 Å². The average molecular weight is 1620 g/mol. The van der Waals surface area contributed by atoms with Gasteiger partial charge >= 0.3 is 0 Å². The summed E-state index contributed by atoms with van der Waals surface area (Å²) in [6, 6.07) is -4.08. The number of rotatable bonds is 20. The fourth-order valence-electron chi connectivity index (χ4n) is 11.6. The molecule has 35 nitrogen and oxygen atoms in total. The molecule has 0 bridgehead atoms. The molecule has 5 aromatic heterocycles. The molecule has 0 saturated heterocycles. The zero-order valence-electron chi connectivity index (χ0n) is 82.0. The molecule has 5 amide bonds. The van der Waals surface area contributed by atoms with Gasteiger partial charge in [0.05, 0.1) is 61.1 Å². The number of aromatic nitrogens is 10. The van der Waals surface area contributed by atoms with E-state index in [1.165, 1.54) is 37.9 Å². The Labute approximate surface area is 695 Å². The zero-order valence-corrected chi connectivity index (χ0v) is 70.0. The van der Waals surface area contributed by atoms with Crippen molar-refractivity contribution in [2.75, 3.05) is 53.2 Å². The van der Waals surface area contributed by atoms with E-state index >= 15 is 0 Å². The van der Waals surface area contributed by atoms with E-state index in [1.54, 1.807) is 13.8 Å². The largest absolute Gasteiger partial charge is 0.393 e. The highest BCUT2D eigenvalue weighted by atomic mass is 16.3. The van der Waals surface area contributed by atoms with Crippen LogP contribution in [0, 0.1) is 29.6 Å². The summed E-state index contributed by atoms with van der Waals surface area (Å²) in [5.74, 6) is -3.91. The van der Waals surface area contributed by atoms with E-state index in [0.29, 0.717) is 37.1 Å². The van der Waals surface area contributed by atoms with Crippen molar-refractivity contribution >= 4 is 88.4 Å². The molecule has 35 heteroatoms. The lowest BCUT2D eigenvalue weighted by Gasteiger charge is -2.32. The fourth-order valence-corrected chi connectivity index (χ4v) is 11.6. The number of aliphatic hydroxyl groups is 5. The lowest BCUT2D eigenvalue weighted by atomic mass is 9.85. The quantitative estimate of drug-likeness (QED) is 0.0346. The summed E-state index contributed by atoms with van der Waals surface area (Å²) in [6.45, 7) is 37.6. The molecule has 0 aromatic carbocycles. The molecule has 5 aliphatic rings. The maximum atomic E-state index is 11.7. The van der Waals surface area contributed by atoms with Crippen LogP contribution in [0.5, 0.6) is 0 Å². The molecular formula is C80H135N25O10. The summed E-state index contributed by atoms with van der Waals surface area (Å²) >= 11 is 0. The lowest BCUT2D eigenvalue weighted by Crippen LogP contribution is -2.36. The number of nitrogens with zero attached hydrogens (tertiary/aromatic N) is 10. The first-order chi connectivity index (χ1) is 57.8. The van der Waals surface area contributed by atoms with Crippen LogP contribution >= 0.6 is 0 Å². The van der Waals surface area contributed by atoms with E-state index in [1.807, 2.05) is 118 Å². The molecule has 0 radical (unpaired) electrons. The number of hydrogen-bond donors (Lipinski definition) is 20. The second-order valence-electron chi connectivity index (χ2n) is 34.8. The molecule has 25 N–H and O–H groups in total. The standard InChI is InChI=1S/5C16H27N5O2/c5*1-9-5-6-10(7-12(9)22)19-14-11(13(17)23)8-18-15(20-14)21-16(2,3)4/h5*8-10,12,22H,5-7H2,1-4H3,(H2,17,23)(H2,18,19,20,21)/i9D,10D,12D;5D,6D,7D;7D2;6D2;5D2. The van der Waals surface area contributed by atoms with Crippen LogP contribution in [0.25, 0.3) is 0 Å². The molecule has 5 saturated carbocycles. The number of carbonyl (C=O) groups is 5. The maximum Gasteiger partial charge on any atom is 0.254 e. The maximum absolute atomic E-state index is 11.7. The van der Waals surface area contributed by atoms with Gasteiger partial charge in [-0.05, 0) is 230 Å². The molecular weight excluding hydrogens is 1470 g/mol. The SMILES string of the molecule is [2H]C1(Nc2nc(NC(C)(C)C)ncc2C(N)=O)CCC([2H])(C)C([2H])(O)C1.[2H]C1([2H])C(Nc2nc(NC(C)(C)C)ncc2C(N)=O)CCC(C)C1O.[2H]C1([2H])CC(C)C(O)CC1Nc1nc(NC(C)(C)C)ncc1C(N)=O.[2H]C1([2H])CC(Nc2nc(NC(C)(C)C)ncc2C(N)=O)CC(O)C1C.[2H]C1C([2H])C(Nc2nc(NC(C)(C)C)ncc2C(N)=O)C([2H])C(O)C1C. The Hall–Kier alpha value is -9.45. The van der Waals surface area contributed by atoms with Gasteiger partial charge < -0.3 is 107 Å². The Morgan fingerprint density at radius 3 is 1.05 bits per heavy atom. The Bertz CT molecular complexity index is 4540. The minimum absolute atomic E-state index is 0.0174. The molecule has 640 valence electrons. The van der Waals surface area contributed by atoms with Gasteiger partial charge in [0.25, 0.3) is 29.5 Å². The van der Waals surface area contributed by atoms with Gasteiger partial charge in [-0.15, -0.1) is 0 Å². The van der Waals surface area contributed by atoms with Crippen molar-refractivity contribution < 1.29 is 66.0 Å². The Balaban J connectivity index is 0.000000245. The number of nitrogens with one attached hydrogen (secondary N) is 10.